The van der Waals surface area contributed by atoms with Gasteiger partial charge in [0.15, 0.2) is 0 Å². The number of aromatic nitrogens is 3. The van der Waals surface area contributed by atoms with E-state index in [0.29, 0.717) is 28.2 Å². The Morgan fingerprint density at radius 1 is 0.514 bits per heavy atom. The predicted octanol–water partition coefficient (Wildman–Crippen LogP) is 19.3. The fourth-order valence-electron chi connectivity index (χ4n) is 11.2. The van der Waals surface area contributed by atoms with Gasteiger partial charge in [-0.1, -0.05) is 197 Å². The molecule has 5 heteroatoms. The van der Waals surface area contributed by atoms with Crippen LogP contribution < -0.4 is 9.64 Å². The zero-order valence-corrected chi connectivity index (χ0v) is 43.2. The van der Waals surface area contributed by atoms with Gasteiger partial charge in [0.2, 0.25) is 0 Å². The third-order valence-electron chi connectivity index (χ3n) is 14.9. The third kappa shape index (κ3) is 7.96. The molecule has 0 bridgehead atoms. The number of benzene rings is 8. The highest BCUT2D eigenvalue weighted by Crippen LogP contribution is 2.49. The van der Waals surface area contributed by atoms with Crippen molar-refractivity contribution in [2.45, 2.75) is 105 Å². The van der Waals surface area contributed by atoms with Gasteiger partial charge < -0.3 is 14.2 Å². The first-order chi connectivity index (χ1) is 39.5. The van der Waals surface area contributed by atoms with Crippen molar-refractivity contribution in [2.24, 2.45) is 0 Å². The lowest BCUT2D eigenvalue weighted by Gasteiger charge is -2.27. The summed E-state index contributed by atoms with van der Waals surface area (Å²) in [7, 11) is 0. The number of hydrogen-bond donors (Lipinski definition) is 0. The van der Waals surface area contributed by atoms with Crippen LogP contribution in [0.15, 0.2) is 182 Å². The van der Waals surface area contributed by atoms with Gasteiger partial charge in [0.25, 0.3) is 0 Å². The maximum absolute atomic E-state index is 9.84. The standard InChI is InChI=1S/C69H66N4O/c1-43(2)51-32-33-60-56-25-15-13-23-54(56)53-22-12-14-24-55(53)59-28-19-27-52(44-36-46(68(6,7)8)38-47(37-44)69(9,10)11)64(59)72-42-71(65(51)66(60)72)48-20-18-21-49(40-48)74-50-30-31-58-57-26-16-17-29-61(57)73(62(58)41-50)63-39-45(34-35-70-63)67(3,4)5/h12-41,43H,42H2,1-11H3/i6D3,7D3,8D3,43D. The van der Waals surface area contributed by atoms with Gasteiger partial charge in [0, 0.05) is 64.8 Å². The number of rotatable bonds is 6. The van der Waals surface area contributed by atoms with Crippen LogP contribution in [-0.2, 0) is 22.9 Å². The molecule has 0 N–H and O–H groups in total. The van der Waals surface area contributed by atoms with E-state index in [1.807, 2.05) is 120 Å². The van der Waals surface area contributed by atoms with Crippen LogP contribution in [0.5, 0.6) is 11.5 Å². The Kier molecular flexibility index (Phi) is 8.67. The number of pyridine rings is 1. The van der Waals surface area contributed by atoms with Gasteiger partial charge in [0.05, 0.1) is 27.8 Å². The van der Waals surface area contributed by atoms with Gasteiger partial charge in [-0.05, 0) is 114 Å². The Morgan fingerprint density at radius 3 is 1.77 bits per heavy atom. The van der Waals surface area contributed by atoms with Gasteiger partial charge in [-0.25, -0.2) is 4.98 Å². The van der Waals surface area contributed by atoms with E-state index in [9.17, 15) is 1.37 Å². The monoisotopic (exact) mass is 977 g/mol. The summed E-state index contributed by atoms with van der Waals surface area (Å²) in [5, 5.41) is 7.74. The maximum Gasteiger partial charge on any atom is 0.137 e. The molecule has 11 aromatic rings. The first kappa shape index (κ1) is 36.9. The molecule has 5 nitrogen and oxygen atoms in total. The van der Waals surface area contributed by atoms with Crippen LogP contribution in [0.25, 0.3) is 82.1 Å². The van der Waals surface area contributed by atoms with Crippen LogP contribution in [0.4, 0.5) is 11.4 Å². The second-order valence-corrected chi connectivity index (χ2v) is 22.2. The predicted molar refractivity (Wildman–Crippen MR) is 315 cm³/mol. The minimum Gasteiger partial charge on any atom is -0.457 e. The van der Waals surface area contributed by atoms with E-state index in [1.165, 1.54) is 17.7 Å². The Bertz CT molecular complexity index is 4510. The van der Waals surface area contributed by atoms with Crippen LogP contribution in [0.3, 0.4) is 0 Å². The summed E-state index contributed by atoms with van der Waals surface area (Å²) in [4.78, 5) is 7.12. The molecule has 0 spiro atoms. The minimum absolute atomic E-state index is 0.0942. The number of para-hydroxylation sites is 2. The van der Waals surface area contributed by atoms with Gasteiger partial charge in [0.1, 0.15) is 24.0 Å². The molecule has 0 aliphatic carbocycles. The summed E-state index contributed by atoms with van der Waals surface area (Å²) in [5.41, 5.74) is 4.32. The number of fused-ring (bicyclic) bond motifs is 10. The number of nitrogens with zero attached hydrogens (tertiary/aromatic N) is 4. The topological polar surface area (TPSA) is 35.2 Å². The number of anilines is 2. The fraction of sp³-hybridized carbons (Fsp3) is 0.232. The van der Waals surface area contributed by atoms with Crippen LogP contribution in [0, 0.1) is 0 Å². The van der Waals surface area contributed by atoms with E-state index in [-0.39, 0.29) is 17.6 Å². The molecule has 1 aliphatic rings. The van der Waals surface area contributed by atoms with Gasteiger partial charge in [-0.3, -0.25) is 4.57 Å². The molecule has 74 heavy (non-hydrogen) atoms. The molecule has 0 unspecified atom stereocenters. The molecular formula is C69H66N4O. The molecule has 4 heterocycles. The molecule has 0 amide bonds. The van der Waals surface area contributed by atoms with Crippen LogP contribution >= 0.6 is 0 Å². The Morgan fingerprint density at radius 2 is 1.09 bits per heavy atom. The minimum atomic E-state index is -3.49. The first-order valence-corrected chi connectivity index (χ1v) is 25.5. The smallest absolute Gasteiger partial charge is 0.137 e. The van der Waals surface area contributed by atoms with E-state index in [1.54, 1.807) is 0 Å². The second kappa shape index (κ2) is 17.4. The molecule has 12 rings (SSSR count). The summed E-state index contributed by atoms with van der Waals surface area (Å²) in [6.07, 6.45) is 1.87. The van der Waals surface area contributed by atoms with Gasteiger partial charge in [-0.2, -0.15) is 0 Å². The molecule has 3 aromatic heterocycles. The highest BCUT2D eigenvalue weighted by atomic mass is 16.5. The van der Waals surface area contributed by atoms with Crippen LogP contribution in [0.2, 0.25) is 0 Å². The Labute approximate surface area is 450 Å². The van der Waals surface area contributed by atoms with Crippen molar-refractivity contribution in [3.63, 3.8) is 0 Å². The Balaban J connectivity index is 1.13. The normalized spacial score (nSPS) is 15.8. The number of ether oxygens (including phenoxy) is 1. The molecule has 0 radical (unpaired) electrons. The van der Waals surface area contributed by atoms with E-state index in [4.69, 9.17) is 22.1 Å². The summed E-state index contributed by atoms with van der Waals surface area (Å²) in [6.45, 7) is 5.94. The van der Waals surface area contributed by atoms with Crippen molar-refractivity contribution >= 4 is 76.5 Å². The Hall–Kier alpha value is -7.89. The van der Waals surface area contributed by atoms with E-state index in [2.05, 4.69) is 120 Å². The zero-order chi connectivity index (χ0) is 59.8. The largest absolute Gasteiger partial charge is 0.457 e. The molecule has 368 valence electrons. The lowest BCUT2D eigenvalue weighted by molar-refractivity contribution is 0.483. The quantitative estimate of drug-likeness (QED) is 0.167. The van der Waals surface area contributed by atoms with Crippen molar-refractivity contribution in [3.8, 4) is 28.4 Å². The van der Waals surface area contributed by atoms with Crippen LogP contribution in [0.1, 0.15) is 118 Å². The molecule has 0 atom stereocenters. The molecule has 1 aliphatic heterocycles. The maximum atomic E-state index is 9.84. The third-order valence-corrected chi connectivity index (χ3v) is 14.9. The fourth-order valence-corrected chi connectivity index (χ4v) is 11.2. The van der Waals surface area contributed by atoms with Crippen molar-refractivity contribution in [1.82, 2.24) is 14.1 Å². The summed E-state index contributed by atoms with van der Waals surface area (Å²) >= 11 is 0. The van der Waals surface area contributed by atoms with Crippen LogP contribution in [-0.4, -0.2) is 14.1 Å². The molecule has 0 saturated carbocycles. The summed E-state index contributed by atoms with van der Waals surface area (Å²) in [6, 6.07) is 58.3. The van der Waals surface area contributed by atoms with Crippen molar-refractivity contribution < 1.29 is 18.4 Å². The van der Waals surface area contributed by atoms with Crippen molar-refractivity contribution in [2.75, 3.05) is 4.90 Å². The molecule has 0 fully saturated rings. The average Bonchev–Trinajstić information content (AvgIpc) is 0.940. The van der Waals surface area contributed by atoms with Crippen molar-refractivity contribution in [3.05, 3.63) is 204 Å². The average molecular weight is 977 g/mol. The number of hydrogen-bond acceptors (Lipinski definition) is 3. The zero-order valence-electron chi connectivity index (χ0n) is 53.2. The summed E-state index contributed by atoms with van der Waals surface area (Å²) in [5.74, 6) is 0.899. The van der Waals surface area contributed by atoms with E-state index >= 15 is 0 Å². The second-order valence-electron chi connectivity index (χ2n) is 22.2. The lowest BCUT2D eigenvalue weighted by atomic mass is 9.78. The van der Waals surface area contributed by atoms with Gasteiger partial charge >= 0.3 is 0 Å². The van der Waals surface area contributed by atoms with E-state index in [0.717, 1.165) is 87.9 Å². The SMILES string of the molecule is [2H]C(C)(C)c1ccc2c3ccccc3c3ccccc3c3cccc(-c4cc(C(C)(C)C)cc(C(C([2H])([2H])[2H])(C([2H])([2H])[2H])C([2H])([2H])[2H])c4)c3n3c2c1N(c1cccc(Oc2ccc4c5ccccc5n(-c5cc(C(C)(C)C)ccn5)c4c2)c1)C3. The molecule has 0 saturated heterocycles. The highest BCUT2D eigenvalue weighted by molar-refractivity contribution is 6.22. The van der Waals surface area contributed by atoms with Gasteiger partial charge in [-0.15, -0.1) is 0 Å². The van der Waals surface area contributed by atoms with E-state index < -0.39 is 37.3 Å². The summed E-state index contributed by atoms with van der Waals surface area (Å²) < 4.78 is 101. The lowest BCUT2D eigenvalue weighted by Crippen LogP contribution is -2.17. The first-order valence-electron chi connectivity index (χ1n) is 30.5. The van der Waals surface area contributed by atoms with Crippen molar-refractivity contribution in [1.29, 1.82) is 0 Å². The highest BCUT2D eigenvalue weighted by Gasteiger charge is 2.30. The molecule has 8 aromatic carbocycles. The molecular weight excluding hydrogens is 901 g/mol.